The molecule has 1 unspecified atom stereocenters. The zero-order chi connectivity index (χ0) is 19.9. The molecule has 1 saturated heterocycles. The molecule has 2 aromatic carbocycles. The van der Waals surface area contributed by atoms with Crippen LogP contribution in [0.4, 0.5) is 0 Å². The van der Waals surface area contributed by atoms with Crippen molar-refractivity contribution in [3.8, 4) is 0 Å². The van der Waals surface area contributed by atoms with E-state index < -0.39 is 0 Å². The number of ether oxygens (including phenoxy) is 1. The van der Waals surface area contributed by atoms with Crippen molar-refractivity contribution in [1.82, 2.24) is 0 Å². The third-order valence-electron chi connectivity index (χ3n) is 7.02. The number of Topliss-reactive ketones (excluding diaryl/α,β-unsaturated/α-hetero) is 1. The fourth-order valence-electron chi connectivity index (χ4n) is 5.21. The van der Waals surface area contributed by atoms with E-state index in [4.69, 9.17) is 4.74 Å². The first-order chi connectivity index (χ1) is 14.3. The van der Waals surface area contributed by atoms with Crippen LogP contribution in [-0.4, -0.2) is 12.4 Å². The Morgan fingerprint density at radius 3 is 1.79 bits per heavy atom. The van der Waals surface area contributed by atoms with E-state index in [0.29, 0.717) is 11.7 Å². The molecule has 1 heterocycles. The van der Waals surface area contributed by atoms with E-state index in [1.807, 2.05) is 30.3 Å². The van der Waals surface area contributed by atoms with Gasteiger partial charge >= 0.3 is 0 Å². The number of carbonyl (C=O) groups excluding carboxylic acids is 1. The molecule has 0 aromatic heterocycles. The standard InChI is InChI=1S/C14H18O.C13H16O/c1-3-7-12(8-4-1)14(11-15-14)13-9-5-2-6-10-13;14-13(11-7-3-1-4-8-11)12-9-5-2-6-10-12/h1,3-4,7-8,13H,2,5-6,9-11H2;1,3-4,7-8,12H,2,5-6,9-10H2. The van der Waals surface area contributed by atoms with Crippen LogP contribution < -0.4 is 0 Å². The zero-order valence-electron chi connectivity index (χ0n) is 17.5. The van der Waals surface area contributed by atoms with Gasteiger partial charge in [0.2, 0.25) is 0 Å². The lowest BCUT2D eigenvalue weighted by atomic mass is 9.77. The van der Waals surface area contributed by atoms with Gasteiger partial charge in [-0.15, -0.1) is 0 Å². The molecule has 29 heavy (non-hydrogen) atoms. The van der Waals surface area contributed by atoms with E-state index in [1.54, 1.807) is 0 Å². The summed E-state index contributed by atoms with van der Waals surface area (Å²) in [4.78, 5) is 12.0. The summed E-state index contributed by atoms with van der Waals surface area (Å²) in [5, 5.41) is 0. The quantitative estimate of drug-likeness (QED) is 0.418. The van der Waals surface area contributed by atoms with Crippen LogP contribution in [0.3, 0.4) is 0 Å². The lowest BCUT2D eigenvalue weighted by Gasteiger charge is -2.28. The Morgan fingerprint density at radius 2 is 1.24 bits per heavy atom. The molecule has 2 aromatic rings. The topological polar surface area (TPSA) is 29.6 Å². The number of benzene rings is 2. The molecule has 0 N–H and O–H groups in total. The predicted molar refractivity (Wildman–Crippen MR) is 118 cm³/mol. The van der Waals surface area contributed by atoms with Crippen molar-refractivity contribution in [2.45, 2.75) is 69.8 Å². The highest BCUT2D eigenvalue weighted by Gasteiger charge is 2.52. The molecular weight excluding hydrogens is 356 g/mol. The van der Waals surface area contributed by atoms with Crippen molar-refractivity contribution in [2.75, 3.05) is 6.61 Å². The molecule has 154 valence electrons. The monoisotopic (exact) mass is 390 g/mol. The lowest BCUT2D eigenvalue weighted by Crippen LogP contribution is -2.24. The summed E-state index contributed by atoms with van der Waals surface area (Å²) in [7, 11) is 0. The SMILES string of the molecule is O=C(c1ccccc1)C1CCCCC1.c1ccc(C2(C3CCCCC3)CO2)cc1. The third kappa shape index (κ3) is 4.98. The molecule has 2 nitrogen and oxygen atoms in total. The molecular formula is C27H34O2. The molecule has 3 aliphatic rings. The third-order valence-corrected chi connectivity index (χ3v) is 7.02. The maximum atomic E-state index is 12.0. The average molecular weight is 391 g/mol. The molecule has 2 aliphatic carbocycles. The van der Waals surface area contributed by atoms with Crippen LogP contribution in [-0.2, 0) is 10.3 Å². The molecule has 2 heteroatoms. The number of rotatable bonds is 4. The highest BCUT2D eigenvalue weighted by molar-refractivity contribution is 5.97. The molecule has 0 amide bonds. The number of hydrogen-bond acceptors (Lipinski definition) is 2. The summed E-state index contributed by atoms with van der Waals surface area (Å²) < 4.78 is 5.82. The van der Waals surface area contributed by atoms with Gasteiger partial charge in [-0.3, -0.25) is 4.79 Å². The Balaban J connectivity index is 0.000000142. The molecule has 1 aliphatic heterocycles. The predicted octanol–water partition coefficient (Wildman–Crippen LogP) is 6.94. The van der Waals surface area contributed by atoms with E-state index in [9.17, 15) is 4.79 Å². The number of hydrogen-bond donors (Lipinski definition) is 0. The van der Waals surface area contributed by atoms with Gasteiger partial charge in [0.15, 0.2) is 5.78 Å². The fourth-order valence-corrected chi connectivity index (χ4v) is 5.21. The summed E-state index contributed by atoms with van der Waals surface area (Å²) in [5.74, 6) is 1.42. The van der Waals surface area contributed by atoms with E-state index in [2.05, 4.69) is 30.3 Å². The van der Waals surface area contributed by atoms with Crippen molar-refractivity contribution in [3.05, 3.63) is 71.8 Å². The Labute approximate surface area is 175 Å². The van der Waals surface area contributed by atoms with Gasteiger partial charge in [0, 0.05) is 11.5 Å². The summed E-state index contributed by atoms with van der Waals surface area (Å²) in [6.45, 7) is 0.946. The van der Waals surface area contributed by atoms with Gasteiger partial charge in [-0.2, -0.15) is 0 Å². The number of ketones is 1. The highest BCUT2D eigenvalue weighted by Crippen LogP contribution is 2.50. The summed E-state index contributed by atoms with van der Waals surface area (Å²) in [6.07, 6.45) is 12.9. The maximum absolute atomic E-state index is 12.0. The number of carbonyl (C=O) groups is 1. The first-order valence-electron chi connectivity index (χ1n) is 11.6. The van der Waals surface area contributed by atoms with Gasteiger partial charge in [0.1, 0.15) is 5.60 Å². The smallest absolute Gasteiger partial charge is 0.165 e. The lowest BCUT2D eigenvalue weighted by molar-refractivity contribution is 0.0889. The highest BCUT2D eigenvalue weighted by atomic mass is 16.6. The second-order valence-corrected chi connectivity index (χ2v) is 8.94. The van der Waals surface area contributed by atoms with Gasteiger partial charge in [-0.25, -0.2) is 0 Å². The van der Waals surface area contributed by atoms with Crippen LogP contribution in [0.1, 0.15) is 80.1 Å². The molecule has 0 bridgehead atoms. The molecule has 0 spiro atoms. The van der Waals surface area contributed by atoms with Gasteiger partial charge in [-0.1, -0.05) is 99.2 Å². The van der Waals surface area contributed by atoms with Gasteiger partial charge in [-0.05, 0) is 37.2 Å². The van der Waals surface area contributed by atoms with Crippen molar-refractivity contribution in [1.29, 1.82) is 0 Å². The maximum Gasteiger partial charge on any atom is 0.165 e. The second-order valence-electron chi connectivity index (χ2n) is 8.94. The van der Waals surface area contributed by atoms with Crippen molar-refractivity contribution < 1.29 is 9.53 Å². The fraction of sp³-hybridized carbons (Fsp3) is 0.519. The van der Waals surface area contributed by atoms with Crippen LogP contribution in [0.2, 0.25) is 0 Å². The van der Waals surface area contributed by atoms with Crippen LogP contribution in [0.15, 0.2) is 60.7 Å². The normalized spacial score (nSPS) is 25.0. The first kappa shape index (κ1) is 20.3. The van der Waals surface area contributed by atoms with Crippen LogP contribution >= 0.6 is 0 Å². The van der Waals surface area contributed by atoms with E-state index >= 15 is 0 Å². The summed E-state index contributed by atoms with van der Waals surface area (Å²) >= 11 is 0. The minimum absolute atomic E-state index is 0.113. The first-order valence-corrected chi connectivity index (χ1v) is 11.6. The zero-order valence-corrected chi connectivity index (χ0v) is 17.5. The molecule has 2 saturated carbocycles. The Morgan fingerprint density at radius 1 is 0.724 bits per heavy atom. The minimum atomic E-state index is 0.113. The van der Waals surface area contributed by atoms with Crippen molar-refractivity contribution in [3.63, 3.8) is 0 Å². The molecule has 1 atom stereocenters. The van der Waals surface area contributed by atoms with Crippen LogP contribution in [0.25, 0.3) is 0 Å². The Hall–Kier alpha value is -1.93. The van der Waals surface area contributed by atoms with E-state index in [1.165, 1.54) is 56.9 Å². The van der Waals surface area contributed by atoms with Crippen LogP contribution in [0.5, 0.6) is 0 Å². The summed E-state index contributed by atoms with van der Waals surface area (Å²) in [6, 6.07) is 20.5. The second kappa shape index (κ2) is 9.71. The van der Waals surface area contributed by atoms with Gasteiger partial charge in [0.25, 0.3) is 0 Å². The Bertz CT molecular complexity index is 752. The molecule has 3 fully saturated rings. The van der Waals surface area contributed by atoms with Gasteiger partial charge < -0.3 is 4.74 Å². The van der Waals surface area contributed by atoms with E-state index in [0.717, 1.165) is 30.9 Å². The largest absolute Gasteiger partial charge is 0.364 e. The minimum Gasteiger partial charge on any atom is -0.364 e. The van der Waals surface area contributed by atoms with Crippen LogP contribution in [0, 0.1) is 11.8 Å². The van der Waals surface area contributed by atoms with Gasteiger partial charge in [0.05, 0.1) is 6.61 Å². The molecule has 5 rings (SSSR count). The molecule has 0 radical (unpaired) electrons. The van der Waals surface area contributed by atoms with Crippen molar-refractivity contribution in [2.24, 2.45) is 11.8 Å². The van der Waals surface area contributed by atoms with Crippen molar-refractivity contribution >= 4 is 5.78 Å². The Kier molecular flexibility index (Phi) is 6.82. The van der Waals surface area contributed by atoms with E-state index in [-0.39, 0.29) is 5.60 Å². The average Bonchev–Trinajstić information content (AvgIpc) is 3.64. The summed E-state index contributed by atoms with van der Waals surface area (Å²) in [5.41, 5.74) is 2.40. The number of epoxide rings is 1.